The summed E-state index contributed by atoms with van der Waals surface area (Å²) in [6.45, 7) is 6.54. The minimum atomic E-state index is -0.260. The lowest BCUT2D eigenvalue weighted by molar-refractivity contribution is 0.0914. The van der Waals surface area contributed by atoms with E-state index in [1.165, 1.54) is 11.3 Å². The van der Waals surface area contributed by atoms with Crippen molar-refractivity contribution in [2.45, 2.75) is 13.5 Å². The van der Waals surface area contributed by atoms with E-state index < -0.39 is 0 Å². The number of amides is 1. The maximum Gasteiger partial charge on any atom is 0.290 e. The average molecular weight is 390 g/mol. The average Bonchev–Trinajstić information content (AvgIpc) is 3.24. The molecular formula is C23H26N4O2. The molecule has 6 heteroatoms. The van der Waals surface area contributed by atoms with Crippen molar-refractivity contribution in [2.75, 3.05) is 38.1 Å². The first kappa shape index (κ1) is 19.2. The molecule has 0 atom stereocenters. The number of benzene rings is 2. The molecular weight excluding hydrogens is 364 g/mol. The van der Waals surface area contributed by atoms with Gasteiger partial charge in [-0.1, -0.05) is 53.2 Å². The van der Waals surface area contributed by atoms with Crippen molar-refractivity contribution >= 4 is 11.6 Å². The van der Waals surface area contributed by atoms with Crippen LogP contribution < -0.4 is 10.2 Å². The standard InChI is InChI=1S/C23H26N4O2/c1-17-7-9-18(10-8-17)20-15-22(29-25-20)23(28)24-16-19-5-3-4-6-21(19)27-13-11-26(2)12-14-27/h3-10,15H,11-14,16H2,1-2H3,(H,24,28). The van der Waals surface area contributed by atoms with Crippen LogP contribution in [0.2, 0.25) is 0 Å². The highest BCUT2D eigenvalue weighted by Gasteiger charge is 2.18. The molecule has 2 aromatic carbocycles. The first-order valence-electron chi connectivity index (χ1n) is 9.93. The van der Waals surface area contributed by atoms with E-state index in [0.717, 1.165) is 37.3 Å². The Morgan fingerprint density at radius 2 is 1.79 bits per heavy atom. The quantitative estimate of drug-likeness (QED) is 0.724. The van der Waals surface area contributed by atoms with Gasteiger partial charge in [0.2, 0.25) is 5.76 Å². The number of aryl methyl sites for hydroxylation is 1. The van der Waals surface area contributed by atoms with Gasteiger partial charge in [0.15, 0.2) is 0 Å². The number of hydrogen-bond acceptors (Lipinski definition) is 5. The van der Waals surface area contributed by atoms with Crippen LogP contribution >= 0.6 is 0 Å². The van der Waals surface area contributed by atoms with Crippen molar-refractivity contribution < 1.29 is 9.32 Å². The summed E-state index contributed by atoms with van der Waals surface area (Å²) in [7, 11) is 2.14. The number of para-hydroxylation sites is 1. The fraction of sp³-hybridized carbons (Fsp3) is 0.304. The summed E-state index contributed by atoms with van der Waals surface area (Å²) in [4.78, 5) is 17.3. The molecule has 1 aliphatic heterocycles. The van der Waals surface area contributed by atoms with Crippen LogP contribution in [-0.4, -0.2) is 49.2 Å². The van der Waals surface area contributed by atoms with Gasteiger partial charge in [-0.3, -0.25) is 4.79 Å². The summed E-state index contributed by atoms with van der Waals surface area (Å²) in [5, 5.41) is 7.01. The highest BCUT2D eigenvalue weighted by atomic mass is 16.5. The van der Waals surface area contributed by atoms with E-state index in [1.807, 2.05) is 43.3 Å². The van der Waals surface area contributed by atoms with Gasteiger partial charge in [-0.2, -0.15) is 0 Å². The van der Waals surface area contributed by atoms with E-state index in [4.69, 9.17) is 4.52 Å². The molecule has 1 aromatic heterocycles. The van der Waals surface area contributed by atoms with Gasteiger partial charge in [0, 0.05) is 50.0 Å². The van der Waals surface area contributed by atoms with Gasteiger partial charge >= 0.3 is 0 Å². The van der Waals surface area contributed by atoms with E-state index >= 15 is 0 Å². The smallest absolute Gasteiger partial charge is 0.290 e. The molecule has 29 heavy (non-hydrogen) atoms. The third-order valence-electron chi connectivity index (χ3n) is 5.36. The molecule has 0 aliphatic carbocycles. The molecule has 0 radical (unpaired) electrons. The van der Waals surface area contributed by atoms with E-state index in [0.29, 0.717) is 12.2 Å². The molecule has 2 heterocycles. The van der Waals surface area contributed by atoms with Gasteiger partial charge < -0.3 is 19.6 Å². The first-order chi connectivity index (χ1) is 14.1. The van der Waals surface area contributed by atoms with Crippen molar-refractivity contribution in [2.24, 2.45) is 0 Å². The molecule has 1 N–H and O–H groups in total. The fourth-order valence-electron chi connectivity index (χ4n) is 3.52. The summed E-state index contributed by atoms with van der Waals surface area (Å²) < 4.78 is 5.28. The number of carbonyl (C=O) groups is 1. The maximum atomic E-state index is 12.6. The van der Waals surface area contributed by atoms with Crippen molar-refractivity contribution in [1.29, 1.82) is 0 Å². The molecule has 4 rings (SSSR count). The van der Waals surface area contributed by atoms with Crippen LogP contribution in [0.3, 0.4) is 0 Å². The number of nitrogens with one attached hydrogen (secondary N) is 1. The second kappa shape index (κ2) is 8.49. The molecule has 3 aromatic rings. The summed E-state index contributed by atoms with van der Waals surface area (Å²) in [6.07, 6.45) is 0. The number of piperazine rings is 1. The van der Waals surface area contributed by atoms with Crippen molar-refractivity contribution in [3.05, 3.63) is 71.5 Å². The molecule has 1 fully saturated rings. The maximum absolute atomic E-state index is 12.6. The first-order valence-corrected chi connectivity index (χ1v) is 9.93. The van der Waals surface area contributed by atoms with Gasteiger partial charge in [0.1, 0.15) is 5.69 Å². The zero-order chi connectivity index (χ0) is 20.2. The second-order valence-electron chi connectivity index (χ2n) is 7.54. The van der Waals surface area contributed by atoms with E-state index in [9.17, 15) is 4.79 Å². The lowest BCUT2D eigenvalue weighted by Crippen LogP contribution is -2.45. The highest BCUT2D eigenvalue weighted by Crippen LogP contribution is 2.22. The number of anilines is 1. The third kappa shape index (κ3) is 4.49. The van der Waals surface area contributed by atoms with Gasteiger partial charge in [0.05, 0.1) is 0 Å². The molecule has 0 saturated carbocycles. The van der Waals surface area contributed by atoms with Crippen molar-refractivity contribution in [1.82, 2.24) is 15.4 Å². The zero-order valence-corrected chi connectivity index (χ0v) is 16.9. The van der Waals surface area contributed by atoms with Crippen LogP contribution in [0.1, 0.15) is 21.7 Å². The Bertz CT molecular complexity index is 973. The minimum absolute atomic E-state index is 0.220. The normalized spacial score (nSPS) is 14.8. The Labute approximate surface area is 171 Å². The third-order valence-corrected chi connectivity index (χ3v) is 5.36. The van der Waals surface area contributed by atoms with Gasteiger partial charge in [-0.15, -0.1) is 0 Å². The largest absolute Gasteiger partial charge is 0.369 e. The summed E-state index contributed by atoms with van der Waals surface area (Å²) in [6, 6.07) is 17.9. The highest BCUT2D eigenvalue weighted by molar-refractivity contribution is 5.92. The number of carbonyl (C=O) groups excluding carboxylic acids is 1. The Kier molecular flexibility index (Phi) is 5.62. The van der Waals surface area contributed by atoms with Gasteiger partial charge in [0.25, 0.3) is 5.91 Å². The lowest BCUT2D eigenvalue weighted by atomic mass is 10.1. The Morgan fingerprint density at radius 3 is 2.55 bits per heavy atom. The monoisotopic (exact) mass is 390 g/mol. The molecule has 1 saturated heterocycles. The number of aromatic nitrogens is 1. The van der Waals surface area contributed by atoms with Crippen LogP contribution in [0.5, 0.6) is 0 Å². The summed E-state index contributed by atoms with van der Waals surface area (Å²) in [5.74, 6) is -0.0401. The van der Waals surface area contributed by atoms with E-state index in [2.05, 4.69) is 39.5 Å². The van der Waals surface area contributed by atoms with Crippen molar-refractivity contribution in [3.8, 4) is 11.3 Å². The predicted molar refractivity (Wildman–Crippen MR) is 114 cm³/mol. The fourth-order valence-corrected chi connectivity index (χ4v) is 3.52. The zero-order valence-electron chi connectivity index (χ0n) is 16.9. The molecule has 0 bridgehead atoms. The lowest BCUT2D eigenvalue weighted by Gasteiger charge is -2.35. The van der Waals surface area contributed by atoms with Crippen LogP contribution in [-0.2, 0) is 6.54 Å². The SMILES string of the molecule is Cc1ccc(-c2cc(C(=O)NCc3ccccc3N3CCN(C)CC3)on2)cc1. The van der Waals surface area contributed by atoms with E-state index in [1.54, 1.807) is 6.07 Å². The summed E-state index contributed by atoms with van der Waals surface area (Å²) >= 11 is 0. The van der Waals surface area contributed by atoms with Gasteiger partial charge in [-0.05, 0) is 25.6 Å². The molecule has 6 nitrogen and oxygen atoms in total. The van der Waals surface area contributed by atoms with Crippen molar-refractivity contribution in [3.63, 3.8) is 0 Å². The topological polar surface area (TPSA) is 61.6 Å². The van der Waals surface area contributed by atoms with Crippen LogP contribution in [0.15, 0.2) is 59.1 Å². The van der Waals surface area contributed by atoms with Crippen LogP contribution in [0, 0.1) is 6.92 Å². The predicted octanol–water partition coefficient (Wildman–Crippen LogP) is 3.33. The number of likely N-dealkylation sites (N-methyl/N-ethyl adjacent to an activating group) is 1. The van der Waals surface area contributed by atoms with E-state index in [-0.39, 0.29) is 11.7 Å². The Hall–Kier alpha value is -3.12. The minimum Gasteiger partial charge on any atom is -0.369 e. The molecule has 0 spiro atoms. The second-order valence-corrected chi connectivity index (χ2v) is 7.54. The molecule has 150 valence electrons. The Balaban J connectivity index is 1.42. The van der Waals surface area contributed by atoms with Crippen LogP contribution in [0.25, 0.3) is 11.3 Å². The number of nitrogens with zero attached hydrogens (tertiary/aromatic N) is 3. The molecule has 0 unspecified atom stereocenters. The molecule has 1 aliphatic rings. The van der Waals surface area contributed by atoms with Crippen LogP contribution in [0.4, 0.5) is 5.69 Å². The Morgan fingerprint density at radius 1 is 1.07 bits per heavy atom. The number of rotatable bonds is 5. The number of hydrogen-bond donors (Lipinski definition) is 1. The van der Waals surface area contributed by atoms with Gasteiger partial charge in [-0.25, -0.2) is 0 Å². The summed E-state index contributed by atoms with van der Waals surface area (Å²) in [5.41, 5.74) is 5.04. The molecule has 1 amide bonds.